The first kappa shape index (κ1) is 14.1. The van der Waals surface area contributed by atoms with E-state index in [1.807, 2.05) is 26.1 Å². The molecule has 7 nitrogen and oxygen atoms in total. The van der Waals surface area contributed by atoms with Gasteiger partial charge in [-0.2, -0.15) is 10.2 Å². The Bertz CT molecular complexity index is 586. The lowest BCUT2D eigenvalue weighted by Crippen LogP contribution is -2.37. The van der Waals surface area contributed by atoms with Gasteiger partial charge in [0.2, 0.25) is 0 Å². The van der Waals surface area contributed by atoms with Gasteiger partial charge >= 0.3 is 0 Å². The molecule has 1 atom stereocenters. The summed E-state index contributed by atoms with van der Waals surface area (Å²) in [6.45, 7) is 6.86. The largest absolute Gasteiger partial charge is 0.395 e. The standard InChI is InChI=1S/C13H20N6O/c1-4-19-12(11(14)10(3)17-19)13(20)16-9(2)8-18-7-5-6-15-18/h5-7,9H,4,8,14H2,1-3H3,(H,16,20). The van der Waals surface area contributed by atoms with E-state index in [2.05, 4.69) is 15.5 Å². The molecular weight excluding hydrogens is 256 g/mol. The van der Waals surface area contributed by atoms with E-state index in [0.717, 1.165) is 0 Å². The fourth-order valence-corrected chi connectivity index (χ4v) is 2.09. The van der Waals surface area contributed by atoms with Crippen molar-refractivity contribution in [3.05, 3.63) is 29.8 Å². The molecule has 20 heavy (non-hydrogen) atoms. The van der Waals surface area contributed by atoms with Crippen molar-refractivity contribution in [1.29, 1.82) is 0 Å². The summed E-state index contributed by atoms with van der Waals surface area (Å²) in [6, 6.07) is 1.80. The topological polar surface area (TPSA) is 90.8 Å². The zero-order valence-electron chi connectivity index (χ0n) is 12.0. The molecule has 0 saturated heterocycles. The average Bonchev–Trinajstić information content (AvgIpc) is 2.98. The monoisotopic (exact) mass is 276 g/mol. The summed E-state index contributed by atoms with van der Waals surface area (Å²) in [5.41, 5.74) is 7.48. The zero-order valence-corrected chi connectivity index (χ0v) is 12.0. The predicted molar refractivity (Wildman–Crippen MR) is 76.2 cm³/mol. The molecular formula is C13H20N6O. The summed E-state index contributed by atoms with van der Waals surface area (Å²) in [5, 5.41) is 11.3. The highest BCUT2D eigenvalue weighted by Crippen LogP contribution is 2.16. The molecule has 0 saturated carbocycles. The number of hydrogen-bond acceptors (Lipinski definition) is 4. The Morgan fingerprint density at radius 3 is 2.90 bits per heavy atom. The molecule has 0 aliphatic heterocycles. The van der Waals surface area contributed by atoms with Crippen LogP contribution < -0.4 is 11.1 Å². The van der Waals surface area contributed by atoms with Crippen LogP contribution in [0, 0.1) is 6.92 Å². The minimum absolute atomic E-state index is 0.0534. The van der Waals surface area contributed by atoms with E-state index < -0.39 is 0 Å². The normalized spacial score (nSPS) is 12.3. The smallest absolute Gasteiger partial charge is 0.271 e. The van der Waals surface area contributed by atoms with E-state index >= 15 is 0 Å². The fourth-order valence-electron chi connectivity index (χ4n) is 2.09. The van der Waals surface area contributed by atoms with E-state index in [4.69, 9.17) is 5.73 Å². The van der Waals surface area contributed by atoms with Gasteiger partial charge in [-0.15, -0.1) is 0 Å². The maximum atomic E-state index is 12.3. The maximum absolute atomic E-state index is 12.3. The molecule has 2 rings (SSSR count). The van der Waals surface area contributed by atoms with Gasteiger partial charge in [-0.1, -0.05) is 0 Å². The molecule has 0 bridgehead atoms. The zero-order chi connectivity index (χ0) is 14.7. The van der Waals surface area contributed by atoms with Gasteiger partial charge in [0.25, 0.3) is 5.91 Å². The number of hydrogen-bond donors (Lipinski definition) is 2. The van der Waals surface area contributed by atoms with E-state index in [0.29, 0.717) is 30.2 Å². The number of rotatable bonds is 5. The number of nitrogen functional groups attached to an aromatic ring is 1. The molecule has 0 aromatic carbocycles. The second-order valence-corrected chi connectivity index (χ2v) is 4.77. The Hall–Kier alpha value is -2.31. The number of nitrogens with one attached hydrogen (secondary N) is 1. The highest BCUT2D eigenvalue weighted by atomic mass is 16.2. The van der Waals surface area contributed by atoms with Crippen molar-refractivity contribution in [3.63, 3.8) is 0 Å². The van der Waals surface area contributed by atoms with E-state index in [1.54, 1.807) is 22.5 Å². The molecule has 2 heterocycles. The molecule has 108 valence electrons. The quantitative estimate of drug-likeness (QED) is 0.845. The summed E-state index contributed by atoms with van der Waals surface area (Å²) < 4.78 is 3.40. The Labute approximate surface area is 117 Å². The molecule has 0 radical (unpaired) electrons. The number of nitrogens with two attached hydrogens (primary N) is 1. The third kappa shape index (κ3) is 2.81. The van der Waals surface area contributed by atoms with Gasteiger partial charge in [-0.05, 0) is 26.8 Å². The van der Waals surface area contributed by atoms with Crippen molar-refractivity contribution in [2.75, 3.05) is 5.73 Å². The third-order valence-electron chi connectivity index (χ3n) is 3.09. The van der Waals surface area contributed by atoms with E-state index in [1.165, 1.54) is 0 Å². The summed E-state index contributed by atoms with van der Waals surface area (Å²) in [5.74, 6) is -0.204. The van der Waals surface area contributed by atoms with Crippen LogP contribution in [0.25, 0.3) is 0 Å². The van der Waals surface area contributed by atoms with Crippen LogP contribution in [0.4, 0.5) is 5.69 Å². The van der Waals surface area contributed by atoms with Crippen LogP contribution in [-0.2, 0) is 13.1 Å². The van der Waals surface area contributed by atoms with Crippen LogP contribution in [0.2, 0.25) is 0 Å². The number of aryl methyl sites for hydroxylation is 2. The lowest BCUT2D eigenvalue weighted by molar-refractivity contribution is 0.0926. The number of nitrogens with zero attached hydrogens (tertiary/aromatic N) is 4. The number of aromatic nitrogens is 4. The molecule has 0 fully saturated rings. The second kappa shape index (κ2) is 5.77. The molecule has 7 heteroatoms. The van der Waals surface area contributed by atoms with Crippen molar-refractivity contribution >= 4 is 11.6 Å². The number of carbonyl (C=O) groups excluding carboxylic acids is 1. The van der Waals surface area contributed by atoms with Gasteiger partial charge < -0.3 is 11.1 Å². The fraction of sp³-hybridized carbons (Fsp3) is 0.462. The number of anilines is 1. The Balaban J connectivity index is 2.08. The minimum Gasteiger partial charge on any atom is -0.395 e. The summed E-state index contributed by atoms with van der Waals surface area (Å²) in [4.78, 5) is 12.3. The lowest BCUT2D eigenvalue weighted by atomic mass is 10.2. The van der Waals surface area contributed by atoms with Crippen LogP contribution in [0.5, 0.6) is 0 Å². The summed E-state index contributed by atoms with van der Waals surface area (Å²) in [7, 11) is 0. The van der Waals surface area contributed by atoms with Crippen LogP contribution in [-0.4, -0.2) is 31.5 Å². The Kier molecular flexibility index (Phi) is 4.07. The van der Waals surface area contributed by atoms with Gasteiger partial charge in [0.1, 0.15) is 5.69 Å². The highest BCUT2D eigenvalue weighted by Gasteiger charge is 2.20. The molecule has 1 unspecified atom stereocenters. The maximum Gasteiger partial charge on any atom is 0.271 e. The molecule has 0 spiro atoms. The van der Waals surface area contributed by atoms with E-state index in [9.17, 15) is 4.79 Å². The van der Waals surface area contributed by atoms with Crippen molar-refractivity contribution in [3.8, 4) is 0 Å². The molecule has 2 aromatic heterocycles. The van der Waals surface area contributed by atoms with Crippen LogP contribution in [0.1, 0.15) is 30.0 Å². The molecule has 3 N–H and O–H groups in total. The molecule has 2 aromatic rings. The Morgan fingerprint density at radius 2 is 2.30 bits per heavy atom. The highest BCUT2D eigenvalue weighted by molar-refractivity contribution is 5.98. The van der Waals surface area contributed by atoms with Crippen molar-refractivity contribution in [2.24, 2.45) is 0 Å². The number of amides is 1. The van der Waals surface area contributed by atoms with E-state index in [-0.39, 0.29) is 11.9 Å². The van der Waals surface area contributed by atoms with Crippen molar-refractivity contribution < 1.29 is 4.79 Å². The van der Waals surface area contributed by atoms with Crippen LogP contribution >= 0.6 is 0 Å². The second-order valence-electron chi connectivity index (χ2n) is 4.77. The average molecular weight is 276 g/mol. The number of carbonyl (C=O) groups is 1. The first-order chi connectivity index (χ1) is 9.52. The molecule has 0 aliphatic carbocycles. The van der Waals surface area contributed by atoms with Gasteiger partial charge in [-0.25, -0.2) is 0 Å². The Morgan fingerprint density at radius 1 is 1.55 bits per heavy atom. The van der Waals surface area contributed by atoms with Gasteiger partial charge in [0, 0.05) is 25.0 Å². The summed E-state index contributed by atoms with van der Waals surface area (Å²) in [6.07, 6.45) is 3.57. The SMILES string of the molecule is CCn1nc(C)c(N)c1C(=O)NC(C)Cn1cccn1. The molecule has 0 aliphatic rings. The van der Waals surface area contributed by atoms with Gasteiger partial charge in [-0.3, -0.25) is 14.2 Å². The molecule has 1 amide bonds. The first-order valence-corrected chi connectivity index (χ1v) is 6.64. The lowest BCUT2D eigenvalue weighted by Gasteiger charge is -2.14. The van der Waals surface area contributed by atoms with Gasteiger partial charge in [0.05, 0.1) is 17.9 Å². The predicted octanol–water partition coefficient (Wildman–Crippen LogP) is 0.809. The summed E-state index contributed by atoms with van der Waals surface area (Å²) >= 11 is 0. The van der Waals surface area contributed by atoms with Crippen LogP contribution in [0.15, 0.2) is 18.5 Å². The van der Waals surface area contributed by atoms with Gasteiger partial charge in [0.15, 0.2) is 0 Å². The third-order valence-corrected chi connectivity index (χ3v) is 3.09. The van der Waals surface area contributed by atoms with Crippen LogP contribution in [0.3, 0.4) is 0 Å². The first-order valence-electron chi connectivity index (χ1n) is 6.64. The minimum atomic E-state index is -0.204. The van der Waals surface area contributed by atoms with Crippen molar-refractivity contribution in [2.45, 2.75) is 39.9 Å². The van der Waals surface area contributed by atoms with Crippen molar-refractivity contribution in [1.82, 2.24) is 24.9 Å².